The molecule has 0 aromatic heterocycles. The van der Waals surface area contributed by atoms with Crippen LogP contribution in [0.3, 0.4) is 0 Å². The standard InChI is InChI=1S/C17H25N3O/c1-19-11-8-16(9-12-19)20(2)13-14-21-17-5-3-15(4-6-17)7-10-18/h3-6,16H,7-9,11-14H2,1-2H3. The largest absolute Gasteiger partial charge is 0.492 e. The van der Waals surface area contributed by atoms with Gasteiger partial charge in [0.25, 0.3) is 0 Å². The van der Waals surface area contributed by atoms with Gasteiger partial charge in [0.2, 0.25) is 0 Å². The fourth-order valence-electron chi connectivity index (χ4n) is 2.72. The highest BCUT2D eigenvalue weighted by atomic mass is 16.5. The Morgan fingerprint density at radius 2 is 1.95 bits per heavy atom. The molecular weight excluding hydrogens is 262 g/mol. The average Bonchev–Trinajstić information content (AvgIpc) is 2.50. The molecule has 4 heteroatoms. The third kappa shape index (κ3) is 5.04. The molecule has 1 aliphatic rings. The Kier molecular flexibility index (Phi) is 6.04. The predicted molar refractivity (Wildman–Crippen MR) is 84.4 cm³/mol. The number of hydrogen-bond acceptors (Lipinski definition) is 4. The van der Waals surface area contributed by atoms with Crippen molar-refractivity contribution in [2.24, 2.45) is 0 Å². The van der Waals surface area contributed by atoms with Crippen LogP contribution in [0.15, 0.2) is 24.3 Å². The lowest BCUT2D eigenvalue weighted by atomic mass is 10.0. The molecule has 0 saturated carbocycles. The van der Waals surface area contributed by atoms with Gasteiger partial charge in [0.05, 0.1) is 12.5 Å². The Morgan fingerprint density at radius 3 is 2.57 bits per heavy atom. The molecule has 0 unspecified atom stereocenters. The van der Waals surface area contributed by atoms with E-state index in [1.165, 1.54) is 25.9 Å². The van der Waals surface area contributed by atoms with E-state index in [0.29, 0.717) is 19.1 Å². The molecule has 0 bridgehead atoms. The van der Waals surface area contributed by atoms with E-state index in [0.717, 1.165) is 17.9 Å². The summed E-state index contributed by atoms with van der Waals surface area (Å²) in [5, 5.41) is 8.64. The summed E-state index contributed by atoms with van der Waals surface area (Å²) in [7, 11) is 4.38. The van der Waals surface area contributed by atoms with Crippen molar-refractivity contribution in [1.82, 2.24) is 9.80 Å². The van der Waals surface area contributed by atoms with Gasteiger partial charge in [-0.05, 0) is 57.7 Å². The number of piperidine rings is 1. The number of hydrogen-bond donors (Lipinski definition) is 0. The summed E-state index contributed by atoms with van der Waals surface area (Å²) in [6.07, 6.45) is 2.95. The van der Waals surface area contributed by atoms with Crippen molar-refractivity contribution in [3.8, 4) is 11.8 Å². The van der Waals surface area contributed by atoms with Crippen LogP contribution in [-0.2, 0) is 6.42 Å². The second kappa shape index (κ2) is 8.02. The number of likely N-dealkylation sites (N-methyl/N-ethyl adjacent to an activating group) is 1. The number of benzene rings is 1. The molecule has 21 heavy (non-hydrogen) atoms. The molecule has 1 heterocycles. The van der Waals surface area contributed by atoms with Crippen molar-refractivity contribution in [3.63, 3.8) is 0 Å². The zero-order valence-electron chi connectivity index (χ0n) is 13.1. The average molecular weight is 287 g/mol. The van der Waals surface area contributed by atoms with E-state index in [-0.39, 0.29) is 0 Å². The van der Waals surface area contributed by atoms with Gasteiger partial charge in [-0.15, -0.1) is 0 Å². The monoisotopic (exact) mass is 287 g/mol. The van der Waals surface area contributed by atoms with Crippen LogP contribution in [0, 0.1) is 11.3 Å². The minimum absolute atomic E-state index is 0.457. The summed E-state index contributed by atoms with van der Waals surface area (Å²) >= 11 is 0. The fraction of sp³-hybridized carbons (Fsp3) is 0.588. The first kappa shape index (κ1) is 15.8. The highest BCUT2D eigenvalue weighted by Crippen LogP contribution is 2.15. The SMILES string of the molecule is CN1CCC(N(C)CCOc2ccc(CC#N)cc2)CC1. The van der Waals surface area contributed by atoms with E-state index >= 15 is 0 Å². The lowest BCUT2D eigenvalue weighted by molar-refractivity contribution is 0.127. The third-order valence-corrected chi connectivity index (χ3v) is 4.23. The first-order chi connectivity index (χ1) is 10.2. The molecule has 0 atom stereocenters. The maximum Gasteiger partial charge on any atom is 0.119 e. The lowest BCUT2D eigenvalue weighted by Gasteiger charge is -2.35. The number of ether oxygens (including phenoxy) is 1. The predicted octanol–water partition coefficient (Wildman–Crippen LogP) is 2.16. The molecule has 0 N–H and O–H groups in total. The second-order valence-electron chi connectivity index (χ2n) is 5.84. The van der Waals surface area contributed by atoms with Crippen LogP contribution >= 0.6 is 0 Å². The minimum Gasteiger partial charge on any atom is -0.492 e. The quantitative estimate of drug-likeness (QED) is 0.804. The van der Waals surface area contributed by atoms with E-state index < -0.39 is 0 Å². The molecule has 1 aromatic carbocycles. The van der Waals surface area contributed by atoms with E-state index in [1.807, 2.05) is 24.3 Å². The van der Waals surface area contributed by atoms with Crippen LogP contribution in [0.25, 0.3) is 0 Å². The van der Waals surface area contributed by atoms with Crippen LogP contribution in [0.2, 0.25) is 0 Å². The summed E-state index contributed by atoms with van der Waals surface area (Å²) in [6, 6.07) is 10.6. The van der Waals surface area contributed by atoms with Crippen molar-refractivity contribution in [3.05, 3.63) is 29.8 Å². The number of rotatable bonds is 6. The van der Waals surface area contributed by atoms with Crippen LogP contribution in [0.1, 0.15) is 18.4 Å². The summed E-state index contributed by atoms with van der Waals surface area (Å²) in [4.78, 5) is 4.81. The van der Waals surface area contributed by atoms with Crippen molar-refractivity contribution in [1.29, 1.82) is 5.26 Å². The Labute approximate surface area is 127 Å². The van der Waals surface area contributed by atoms with E-state index in [1.54, 1.807) is 0 Å². The summed E-state index contributed by atoms with van der Waals surface area (Å²) in [5.41, 5.74) is 1.04. The number of likely N-dealkylation sites (tertiary alicyclic amines) is 1. The van der Waals surface area contributed by atoms with E-state index in [9.17, 15) is 0 Å². The van der Waals surface area contributed by atoms with Gasteiger partial charge in [0.1, 0.15) is 12.4 Å². The molecule has 1 aromatic rings. The Balaban J connectivity index is 1.70. The number of nitrogens with zero attached hydrogens (tertiary/aromatic N) is 3. The molecule has 114 valence electrons. The van der Waals surface area contributed by atoms with Crippen molar-refractivity contribution in [2.75, 3.05) is 40.3 Å². The Morgan fingerprint density at radius 1 is 1.29 bits per heavy atom. The zero-order chi connectivity index (χ0) is 15.1. The second-order valence-corrected chi connectivity index (χ2v) is 5.84. The summed E-state index contributed by atoms with van der Waals surface area (Å²) in [5.74, 6) is 0.883. The molecule has 2 rings (SSSR count). The Hall–Kier alpha value is -1.57. The smallest absolute Gasteiger partial charge is 0.119 e. The maximum absolute atomic E-state index is 8.64. The number of nitriles is 1. The van der Waals surface area contributed by atoms with Crippen LogP contribution in [0.5, 0.6) is 5.75 Å². The van der Waals surface area contributed by atoms with Gasteiger partial charge in [-0.25, -0.2) is 0 Å². The Bertz CT molecular complexity index is 458. The molecule has 0 aliphatic carbocycles. The van der Waals surface area contributed by atoms with Crippen molar-refractivity contribution in [2.45, 2.75) is 25.3 Å². The molecule has 1 fully saturated rings. The molecule has 0 amide bonds. The first-order valence-electron chi connectivity index (χ1n) is 7.66. The normalized spacial score (nSPS) is 16.9. The van der Waals surface area contributed by atoms with Gasteiger partial charge in [-0.2, -0.15) is 5.26 Å². The van der Waals surface area contributed by atoms with Gasteiger partial charge in [-0.3, -0.25) is 4.90 Å². The molecule has 4 nitrogen and oxygen atoms in total. The fourth-order valence-corrected chi connectivity index (χ4v) is 2.72. The van der Waals surface area contributed by atoms with Crippen molar-refractivity contribution < 1.29 is 4.74 Å². The molecular formula is C17H25N3O. The highest BCUT2D eigenvalue weighted by molar-refractivity contribution is 5.28. The minimum atomic E-state index is 0.457. The maximum atomic E-state index is 8.64. The van der Waals surface area contributed by atoms with Crippen LogP contribution < -0.4 is 4.74 Å². The van der Waals surface area contributed by atoms with E-state index in [4.69, 9.17) is 10.00 Å². The van der Waals surface area contributed by atoms with Crippen LogP contribution in [-0.4, -0.2) is 56.2 Å². The van der Waals surface area contributed by atoms with Gasteiger partial charge >= 0.3 is 0 Å². The molecule has 1 aliphatic heterocycles. The van der Waals surface area contributed by atoms with Crippen molar-refractivity contribution >= 4 is 0 Å². The van der Waals surface area contributed by atoms with E-state index in [2.05, 4.69) is 30.0 Å². The van der Waals surface area contributed by atoms with Gasteiger partial charge < -0.3 is 9.64 Å². The summed E-state index contributed by atoms with van der Waals surface area (Å²) < 4.78 is 5.79. The van der Waals surface area contributed by atoms with Gasteiger partial charge in [-0.1, -0.05) is 12.1 Å². The first-order valence-corrected chi connectivity index (χ1v) is 7.66. The lowest BCUT2D eigenvalue weighted by Crippen LogP contribution is -2.43. The molecule has 0 spiro atoms. The van der Waals surface area contributed by atoms with Crippen LogP contribution in [0.4, 0.5) is 0 Å². The summed E-state index contributed by atoms with van der Waals surface area (Å²) in [6.45, 7) is 4.04. The van der Waals surface area contributed by atoms with Gasteiger partial charge in [0, 0.05) is 12.6 Å². The zero-order valence-corrected chi connectivity index (χ0v) is 13.1. The third-order valence-electron chi connectivity index (χ3n) is 4.23. The molecule has 1 saturated heterocycles. The highest BCUT2D eigenvalue weighted by Gasteiger charge is 2.20. The molecule has 0 radical (unpaired) electrons. The topological polar surface area (TPSA) is 39.5 Å². The van der Waals surface area contributed by atoms with Gasteiger partial charge in [0.15, 0.2) is 0 Å².